The number of rotatable bonds is 15. The summed E-state index contributed by atoms with van der Waals surface area (Å²) < 4.78 is 36.3. The standard InChI is InChI=1S/C37H42BrN3O5S/c1-5-6-21-39-37(43)34(24-29-11-8-7-9-12-29)40(25-30-13-10-14-31(38)23-30)36(42)26-41(33-22-28(3)17-20-35(33)46-4)47(44,45)32-18-15-27(2)16-19-32/h7-20,22-23,34H,5-6,21,24-26H2,1-4H3,(H,39,43)/t34-/m1/s1. The van der Waals surface area contributed by atoms with Gasteiger partial charge in [0.05, 0.1) is 17.7 Å². The Morgan fingerprint density at radius 1 is 0.872 bits per heavy atom. The molecule has 1 atom stereocenters. The van der Waals surface area contributed by atoms with Crippen LogP contribution >= 0.6 is 15.9 Å². The molecule has 0 heterocycles. The van der Waals surface area contributed by atoms with Crippen molar-refractivity contribution in [3.05, 3.63) is 124 Å². The lowest BCUT2D eigenvalue weighted by Crippen LogP contribution is -2.53. The topological polar surface area (TPSA) is 96.0 Å². The van der Waals surface area contributed by atoms with Crippen LogP contribution in [0.25, 0.3) is 0 Å². The van der Waals surface area contributed by atoms with Crippen LogP contribution in [0.4, 0.5) is 5.69 Å². The second-order valence-electron chi connectivity index (χ2n) is 11.5. The van der Waals surface area contributed by atoms with E-state index in [0.29, 0.717) is 12.3 Å². The molecule has 10 heteroatoms. The number of nitrogens with one attached hydrogen (secondary N) is 1. The van der Waals surface area contributed by atoms with Crippen LogP contribution in [0.5, 0.6) is 5.75 Å². The summed E-state index contributed by atoms with van der Waals surface area (Å²) in [6.45, 7) is 5.75. The molecule has 0 aliphatic heterocycles. The lowest BCUT2D eigenvalue weighted by atomic mass is 10.0. The Balaban J connectivity index is 1.84. The van der Waals surface area contributed by atoms with Crippen LogP contribution < -0.4 is 14.4 Å². The van der Waals surface area contributed by atoms with E-state index in [1.54, 1.807) is 24.3 Å². The molecule has 47 heavy (non-hydrogen) atoms. The maximum atomic E-state index is 14.7. The number of hydrogen-bond acceptors (Lipinski definition) is 5. The van der Waals surface area contributed by atoms with Crippen LogP contribution in [0.3, 0.4) is 0 Å². The SMILES string of the molecule is CCCCNC(=O)[C@@H](Cc1ccccc1)N(Cc1cccc(Br)c1)C(=O)CN(c1cc(C)ccc1OC)S(=O)(=O)c1ccc(C)cc1. The minimum absolute atomic E-state index is 0.0381. The monoisotopic (exact) mass is 719 g/mol. The van der Waals surface area contributed by atoms with Gasteiger partial charge in [-0.05, 0) is 73.4 Å². The van der Waals surface area contributed by atoms with Crippen molar-refractivity contribution in [2.75, 3.05) is 24.5 Å². The predicted octanol–water partition coefficient (Wildman–Crippen LogP) is 6.83. The highest BCUT2D eigenvalue weighted by Gasteiger charge is 2.35. The Kier molecular flexibility index (Phi) is 12.6. The van der Waals surface area contributed by atoms with E-state index < -0.39 is 28.5 Å². The van der Waals surface area contributed by atoms with Gasteiger partial charge in [0, 0.05) is 24.0 Å². The van der Waals surface area contributed by atoms with Crippen LogP contribution in [0.15, 0.2) is 106 Å². The molecule has 0 bridgehead atoms. The maximum Gasteiger partial charge on any atom is 0.264 e. The number of halogens is 1. The smallest absolute Gasteiger partial charge is 0.264 e. The highest BCUT2D eigenvalue weighted by Crippen LogP contribution is 2.34. The van der Waals surface area contributed by atoms with Crippen molar-refractivity contribution in [1.82, 2.24) is 10.2 Å². The maximum absolute atomic E-state index is 14.7. The fraction of sp³-hybridized carbons (Fsp3) is 0.297. The highest BCUT2D eigenvalue weighted by molar-refractivity contribution is 9.10. The minimum Gasteiger partial charge on any atom is -0.495 e. The summed E-state index contributed by atoms with van der Waals surface area (Å²) in [5.41, 5.74) is 3.59. The van der Waals surface area contributed by atoms with Crippen LogP contribution in [0.1, 0.15) is 42.0 Å². The molecule has 4 aromatic rings. The first kappa shape index (κ1) is 35.7. The van der Waals surface area contributed by atoms with Gasteiger partial charge in [-0.1, -0.05) is 95.5 Å². The van der Waals surface area contributed by atoms with Gasteiger partial charge < -0.3 is 15.0 Å². The first-order valence-electron chi connectivity index (χ1n) is 15.6. The quantitative estimate of drug-likeness (QED) is 0.136. The molecule has 0 aromatic heterocycles. The Morgan fingerprint density at radius 3 is 2.21 bits per heavy atom. The molecule has 0 saturated heterocycles. The lowest BCUT2D eigenvalue weighted by Gasteiger charge is -2.34. The summed E-state index contributed by atoms with van der Waals surface area (Å²) in [5.74, 6) is -0.529. The Labute approximate surface area is 286 Å². The van der Waals surface area contributed by atoms with Gasteiger partial charge in [0.25, 0.3) is 10.0 Å². The van der Waals surface area contributed by atoms with Gasteiger partial charge >= 0.3 is 0 Å². The number of hydrogen-bond donors (Lipinski definition) is 1. The van der Waals surface area contributed by atoms with Crippen molar-refractivity contribution in [2.45, 2.75) is 57.5 Å². The summed E-state index contributed by atoms with van der Waals surface area (Å²) >= 11 is 3.52. The van der Waals surface area contributed by atoms with Gasteiger partial charge in [-0.15, -0.1) is 0 Å². The number of unbranched alkanes of at least 4 members (excludes halogenated alkanes) is 1. The molecular weight excluding hydrogens is 678 g/mol. The molecule has 0 spiro atoms. The third-order valence-electron chi connectivity index (χ3n) is 7.83. The van der Waals surface area contributed by atoms with Crippen LogP contribution in [-0.4, -0.2) is 51.4 Å². The van der Waals surface area contributed by atoms with Crippen molar-refractivity contribution in [3.8, 4) is 5.75 Å². The van der Waals surface area contributed by atoms with Crippen molar-refractivity contribution in [1.29, 1.82) is 0 Å². The summed E-state index contributed by atoms with van der Waals surface area (Å²) in [6.07, 6.45) is 1.94. The molecule has 8 nitrogen and oxygen atoms in total. The van der Waals surface area contributed by atoms with Gasteiger partial charge in [-0.2, -0.15) is 0 Å². The molecule has 4 rings (SSSR count). The minimum atomic E-state index is -4.25. The van der Waals surface area contributed by atoms with E-state index in [0.717, 1.165) is 43.9 Å². The fourth-order valence-corrected chi connectivity index (χ4v) is 7.10. The largest absolute Gasteiger partial charge is 0.495 e. The molecule has 0 saturated carbocycles. The number of aryl methyl sites for hydroxylation is 2. The number of anilines is 1. The number of carbonyl (C=O) groups is 2. The van der Waals surface area contributed by atoms with Crippen LogP contribution in [0, 0.1) is 13.8 Å². The molecular formula is C37H42BrN3O5S. The molecule has 0 fully saturated rings. The lowest BCUT2D eigenvalue weighted by molar-refractivity contribution is -0.140. The van der Waals surface area contributed by atoms with E-state index in [2.05, 4.69) is 21.2 Å². The molecule has 0 unspecified atom stereocenters. The van der Waals surface area contributed by atoms with Gasteiger partial charge in [-0.3, -0.25) is 13.9 Å². The number of amides is 2. The number of nitrogens with zero attached hydrogens (tertiary/aromatic N) is 2. The van der Waals surface area contributed by atoms with Gasteiger partial charge in [0.2, 0.25) is 11.8 Å². The Bertz CT molecular complexity index is 1760. The first-order valence-corrected chi connectivity index (χ1v) is 17.9. The molecule has 1 N–H and O–H groups in total. The number of carbonyl (C=O) groups excluding carboxylic acids is 2. The van der Waals surface area contributed by atoms with Crippen LogP contribution in [0.2, 0.25) is 0 Å². The highest BCUT2D eigenvalue weighted by atomic mass is 79.9. The summed E-state index contributed by atoms with van der Waals surface area (Å²) in [6, 6.07) is 27.8. The summed E-state index contributed by atoms with van der Waals surface area (Å²) in [5, 5.41) is 3.01. The number of methoxy groups -OCH3 is 1. The van der Waals surface area contributed by atoms with E-state index >= 15 is 0 Å². The average Bonchev–Trinajstić information content (AvgIpc) is 3.05. The summed E-state index contributed by atoms with van der Waals surface area (Å²) in [4.78, 5) is 30.1. The Hall–Kier alpha value is -4.15. The molecule has 0 radical (unpaired) electrons. The second kappa shape index (κ2) is 16.6. The first-order chi connectivity index (χ1) is 22.5. The number of ether oxygens (including phenoxy) is 1. The van der Waals surface area contributed by atoms with E-state index in [-0.39, 0.29) is 29.5 Å². The third-order valence-corrected chi connectivity index (χ3v) is 10.1. The van der Waals surface area contributed by atoms with E-state index in [4.69, 9.17) is 4.74 Å². The zero-order valence-corrected chi connectivity index (χ0v) is 29.7. The molecule has 2 amide bonds. The Morgan fingerprint density at radius 2 is 1.55 bits per heavy atom. The van der Waals surface area contributed by atoms with Gasteiger partial charge in [-0.25, -0.2) is 8.42 Å². The molecule has 248 valence electrons. The normalized spacial score (nSPS) is 11.9. The predicted molar refractivity (Wildman–Crippen MR) is 190 cm³/mol. The van der Waals surface area contributed by atoms with Crippen molar-refractivity contribution >= 4 is 43.5 Å². The fourth-order valence-electron chi connectivity index (χ4n) is 5.24. The van der Waals surface area contributed by atoms with Crippen molar-refractivity contribution in [2.24, 2.45) is 0 Å². The number of benzene rings is 4. The van der Waals surface area contributed by atoms with Crippen molar-refractivity contribution in [3.63, 3.8) is 0 Å². The van der Waals surface area contributed by atoms with E-state index in [1.165, 1.54) is 24.1 Å². The van der Waals surface area contributed by atoms with E-state index in [1.807, 2.05) is 81.4 Å². The van der Waals surface area contributed by atoms with Gasteiger partial charge in [0.15, 0.2) is 0 Å². The number of sulfonamides is 1. The molecule has 4 aromatic carbocycles. The molecule has 0 aliphatic carbocycles. The average molecular weight is 721 g/mol. The third kappa shape index (κ3) is 9.45. The van der Waals surface area contributed by atoms with Gasteiger partial charge in [0.1, 0.15) is 18.3 Å². The van der Waals surface area contributed by atoms with E-state index in [9.17, 15) is 18.0 Å². The summed E-state index contributed by atoms with van der Waals surface area (Å²) in [7, 11) is -2.79. The van der Waals surface area contributed by atoms with Crippen LogP contribution in [-0.2, 0) is 32.6 Å². The van der Waals surface area contributed by atoms with Crippen molar-refractivity contribution < 1.29 is 22.7 Å². The zero-order valence-electron chi connectivity index (χ0n) is 27.3. The zero-order chi connectivity index (χ0) is 34.0. The molecule has 0 aliphatic rings. The second-order valence-corrected chi connectivity index (χ2v) is 14.3.